The molecule has 2 aromatic heterocycles. The summed E-state index contributed by atoms with van der Waals surface area (Å²) in [6, 6.07) is 13.6. The number of pyridine rings is 1. The van der Waals surface area contributed by atoms with Crippen LogP contribution in [0.15, 0.2) is 53.8 Å². The van der Waals surface area contributed by atoms with Crippen LogP contribution >= 0.6 is 0 Å². The van der Waals surface area contributed by atoms with E-state index in [-0.39, 0.29) is 11.8 Å². The number of alkyl halides is 6. The molecule has 0 bridgehead atoms. The van der Waals surface area contributed by atoms with E-state index < -0.39 is 24.3 Å². The number of hydrazone groups is 1. The molecule has 0 spiro atoms. The van der Waals surface area contributed by atoms with E-state index in [2.05, 4.69) is 35.6 Å². The van der Waals surface area contributed by atoms with Crippen molar-refractivity contribution >= 4 is 35.8 Å². The number of likely N-dealkylation sites (tertiary alicyclic amines) is 2. The van der Waals surface area contributed by atoms with Gasteiger partial charge in [0.2, 0.25) is 0 Å². The first kappa shape index (κ1) is 39.3. The molecule has 52 heavy (non-hydrogen) atoms. The fraction of sp³-hybridized carbons (Fsp3) is 0.394. The first-order chi connectivity index (χ1) is 24.5. The van der Waals surface area contributed by atoms with E-state index >= 15 is 0 Å². The Morgan fingerprint density at radius 3 is 2.17 bits per heavy atom. The van der Waals surface area contributed by atoms with Gasteiger partial charge in [0.1, 0.15) is 5.82 Å². The highest BCUT2D eigenvalue weighted by Gasteiger charge is 2.39. The van der Waals surface area contributed by atoms with Crippen LogP contribution in [0.25, 0.3) is 11.3 Å². The van der Waals surface area contributed by atoms with Gasteiger partial charge >= 0.3 is 24.3 Å². The molecule has 6 rings (SSSR count). The van der Waals surface area contributed by atoms with E-state index in [1.54, 1.807) is 12.4 Å². The number of nitrogens with zero attached hydrogens (tertiary/aromatic N) is 4. The summed E-state index contributed by atoms with van der Waals surface area (Å²) < 4.78 is 63.5. The highest BCUT2D eigenvalue weighted by atomic mass is 19.4. The van der Waals surface area contributed by atoms with Crippen molar-refractivity contribution in [3.63, 3.8) is 0 Å². The Morgan fingerprint density at radius 1 is 0.942 bits per heavy atom. The fourth-order valence-corrected chi connectivity index (χ4v) is 5.71. The number of hydrogen-bond donors (Lipinski definition) is 5. The number of aliphatic carboxylic acids is 2. The van der Waals surface area contributed by atoms with Gasteiger partial charge in [-0.3, -0.25) is 15.0 Å². The molecule has 0 saturated carbocycles. The minimum atomic E-state index is -5.08. The van der Waals surface area contributed by atoms with E-state index in [0.29, 0.717) is 24.0 Å². The van der Waals surface area contributed by atoms with E-state index in [0.717, 1.165) is 73.5 Å². The zero-order valence-electron chi connectivity index (χ0n) is 27.4. The van der Waals surface area contributed by atoms with Gasteiger partial charge in [-0.1, -0.05) is 12.1 Å². The Labute approximate surface area is 292 Å². The van der Waals surface area contributed by atoms with Gasteiger partial charge in [-0.2, -0.15) is 31.4 Å². The van der Waals surface area contributed by atoms with Gasteiger partial charge in [0.25, 0.3) is 11.8 Å². The number of aromatic nitrogens is 2. The summed E-state index contributed by atoms with van der Waals surface area (Å²) in [5, 5.41) is 21.5. The van der Waals surface area contributed by atoms with Gasteiger partial charge in [0.05, 0.1) is 11.8 Å². The molecule has 2 fully saturated rings. The number of halogens is 6. The van der Waals surface area contributed by atoms with Crippen LogP contribution in [0.4, 0.5) is 32.2 Å². The molecule has 13 nitrogen and oxygen atoms in total. The molecule has 5 heterocycles. The van der Waals surface area contributed by atoms with Crippen molar-refractivity contribution in [3.8, 4) is 11.3 Å². The molecule has 2 amide bonds. The highest BCUT2D eigenvalue weighted by Crippen LogP contribution is 2.26. The number of carboxylic acid groups (broad SMARTS) is 2. The molecule has 3 aromatic rings. The Balaban J connectivity index is 0.000000367. The molecule has 1 atom stereocenters. The average molecular weight is 740 g/mol. The second kappa shape index (κ2) is 17.2. The maximum atomic E-state index is 13.2. The molecule has 280 valence electrons. The largest absolute Gasteiger partial charge is 0.490 e. The SMILES string of the molecule is O=C(O)C(F)(F)F.O=C(O)C(F)(F)F.O=C1NCCc2[nH]c(-c3ccnc(N/N=C/c4ccc(C(=O)N5CCCC5CN5CCCC5)cc4)c3)cc21. The van der Waals surface area contributed by atoms with Crippen LogP contribution in [0.2, 0.25) is 0 Å². The molecule has 19 heteroatoms. The number of anilines is 1. The molecular weight excluding hydrogens is 704 g/mol. The normalized spacial score (nSPS) is 17.4. The van der Waals surface area contributed by atoms with Crippen LogP contribution in [-0.4, -0.2) is 111 Å². The van der Waals surface area contributed by atoms with E-state index in [1.165, 1.54) is 12.8 Å². The molecular formula is C33H35F6N7O6. The predicted octanol–water partition coefficient (Wildman–Crippen LogP) is 4.78. The number of amides is 2. The molecule has 0 aliphatic carbocycles. The summed E-state index contributed by atoms with van der Waals surface area (Å²) in [7, 11) is 0. The zero-order valence-corrected chi connectivity index (χ0v) is 27.4. The number of benzene rings is 1. The number of hydrogen-bond acceptors (Lipinski definition) is 8. The lowest BCUT2D eigenvalue weighted by molar-refractivity contribution is -0.193. The summed E-state index contributed by atoms with van der Waals surface area (Å²) in [5.41, 5.74) is 8.06. The van der Waals surface area contributed by atoms with Crippen LogP contribution in [0.3, 0.4) is 0 Å². The van der Waals surface area contributed by atoms with E-state index in [4.69, 9.17) is 19.8 Å². The maximum absolute atomic E-state index is 13.2. The molecule has 5 N–H and O–H groups in total. The maximum Gasteiger partial charge on any atom is 0.490 e. The van der Waals surface area contributed by atoms with Crippen molar-refractivity contribution in [2.24, 2.45) is 5.10 Å². The number of H-pyrrole nitrogens is 1. The van der Waals surface area contributed by atoms with Gasteiger partial charge in [0.15, 0.2) is 0 Å². The fourth-order valence-electron chi connectivity index (χ4n) is 5.71. The third-order valence-corrected chi connectivity index (χ3v) is 8.22. The van der Waals surface area contributed by atoms with Crippen LogP contribution in [0, 0.1) is 0 Å². The Hall–Kier alpha value is -5.46. The first-order valence-corrected chi connectivity index (χ1v) is 16.0. The van der Waals surface area contributed by atoms with Crippen LogP contribution in [-0.2, 0) is 16.0 Å². The number of fused-ring (bicyclic) bond motifs is 1. The smallest absolute Gasteiger partial charge is 0.475 e. The lowest BCUT2D eigenvalue weighted by Gasteiger charge is -2.28. The minimum absolute atomic E-state index is 0.0409. The monoisotopic (exact) mass is 739 g/mol. The summed E-state index contributed by atoms with van der Waals surface area (Å²) in [5.74, 6) is -4.83. The van der Waals surface area contributed by atoms with Gasteiger partial charge in [-0.25, -0.2) is 14.6 Å². The van der Waals surface area contributed by atoms with Gasteiger partial charge in [-0.15, -0.1) is 0 Å². The molecule has 1 aromatic carbocycles. The second-order valence-electron chi connectivity index (χ2n) is 11.9. The number of carbonyl (C=O) groups is 4. The average Bonchev–Trinajstić information content (AvgIpc) is 3.87. The third-order valence-electron chi connectivity index (χ3n) is 8.22. The number of nitrogens with one attached hydrogen (secondary N) is 3. The Kier molecular flexibility index (Phi) is 13.0. The topological polar surface area (TPSA) is 180 Å². The summed E-state index contributed by atoms with van der Waals surface area (Å²) in [6.45, 7) is 4.81. The summed E-state index contributed by atoms with van der Waals surface area (Å²) in [4.78, 5) is 55.3. The summed E-state index contributed by atoms with van der Waals surface area (Å²) >= 11 is 0. The van der Waals surface area contributed by atoms with Gasteiger partial charge in [-0.05, 0) is 74.7 Å². The van der Waals surface area contributed by atoms with Crippen molar-refractivity contribution in [2.45, 2.75) is 50.5 Å². The van der Waals surface area contributed by atoms with Crippen molar-refractivity contribution in [1.29, 1.82) is 0 Å². The van der Waals surface area contributed by atoms with Crippen LogP contribution in [0.1, 0.15) is 57.7 Å². The number of carboxylic acids is 2. The molecule has 1 unspecified atom stereocenters. The second-order valence-corrected chi connectivity index (χ2v) is 11.9. The van der Waals surface area contributed by atoms with Gasteiger partial charge in [0, 0.05) is 60.8 Å². The predicted molar refractivity (Wildman–Crippen MR) is 175 cm³/mol. The minimum Gasteiger partial charge on any atom is -0.475 e. The van der Waals surface area contributed by atoms with Crippen LogP contribution < -0.4 is 10.7 Å². The molecule has 2 saturated heterocycles. The van der Waals surface area contributed by atoms with Gasteiger partial charge < -0.3 is 30.3 Å². The van der Waals surface area contributed by atoms with Crippen molar-refractivity contribution in [2.75, 3.05) is 38.1 Å². The first-order valence-electron chi connectivity index (χ1n) is 16.0. The third kappa shape index (κ3) is 11.0. The number of aromatic amines is 1. The van der Waals surface area contributed by atoms with Crippen molar-refractivity contribution < 1.29 is 55.7 Å². The Bertz CT molecular complexity index is 1730. The lowest BCUT2D eigenvalue weighted by Crippen LogP contribution is -2.42. The van der Waals surface area contributed by atoms with E-state index in [9.17, 15) is 35.9 Å². The zero-order chi connectivity index (χ0) is 38.1. The number of carbonyl (C=O) groups excluding carboxylic acids is 2. The standard InChI is InChI=1S/C29H33N7O2.2C2HF3O2/c37-28-24-17-26(33-25(24)10-12-31-28)22-9-11-30-27(16-22)34-32-18-20-5-7-21(8-6-20)29(38)36-15-3-4-23(36)19-35-13-1-2-14-35;2*3-2(4,5)1(6)7/h5-9,11,16-18,23,33H,1-4,10,12-15,19H2,(H,30,34)(H,31,37);2*(H,6,7)/b32-18+;;. The van der Waals surface area contributed by atoms with Crippen molar-refractivity contribution in [3.05, 3.63) is 71.0 Å². The highest BCUT2D eigenvalue weighted by molar-refractivity contribution is 5.98. The molecule has 3 aliphatic heterocycles. The molecule has 3 aliphatic rings. The Morgan fingerprint density at radius 2 is 1.58 bits per heavy atom. The van der Waals surface area contributed by atoms with E-state index in [1.807, 2.05) is 42.5 Å². The number of rotatable bonds is 7. The van der Waals surface area contributed by atoms with Crippen molar-refractivity contribution in [1.82, 2.24) is 25.1 Å². The molecule has 0 radical (unpaired) electrons. The van der Waals surface area contributed by atoms with Crippen LogP contribution in [0.5, 0.6) is 0 Å². The lowest BCUT2D eigenvalue weighted by atomic mass is 10.1. The summed E-state index contributed by atoms with van der Waals surface area (Å²) in [6.07, 6.45) is -1.23. The quantitative estimate of drug-likeness (QED) is 0.130.